The highest BCUT2D eigenvalue weighted by Gasteiger charge is 2.35. The van der Waals surface area contributed by atoms with Gasteiger partial charge in [0.15, 0.2) is 0 Å². The molecule has 1 amide bonds. The van der Waals surface area contributed by atoms with Crippen molar-refractivity contribution in [2.75, 3.05) is 20.2 Å². The molecule has 5 nitrogen and oxygen atoms in total. The summed E-state index contributed by atoms with van der Waals surface area (Å²) in [5.74, 6) is 0.625. The van der Waals surface area contributed by atoms with E-state index in [4.69, 9.17) is 4.74 Å². The lowest BCUT2D eigenvalue weighted by Gasteiger charge is -2.36. The van der Waals surface area contributed by atoms with Crippen LogP contribution in [0.1, 0.15) is 64.8 Å². The monoisotopic (exact) mass is 391 g/mol. The Morgan fingerprint density at radius 1 is 1.14 bits per heavy atom. The molecule has 1 saturated carbocycles. The Kier molecular flexibility index (Phi) is 4.78. The van der Waals surface area contributed by atoms with E-state index in [0.29, 0.717) is 18.0 Å². The first-order valence-corrected chi connectivity index (χ1v) is 10.8. The van der Waals surface area contributed by atoms with Crippen LogP contribution in [0.4, 0.5) is 0 Å². The fourth-order valence-corrected chi connectivity index (χ4v) is 5.00. The normalized spacial score (nSPS) is 22.1. The maximum Gasteiger partial charge on any atom is 0.256 e. The molecule has 0 bridgehead atoms. The summed E-state index contributed by atoms with van der Waals surface area (Å²) >= 11 is 0. The van der Waals surface area contributed by atoms with E-state index >= 15 is 0 Å². The molecule has 3 heterocycles. The minimum Gasteiger partial charge on any atom is -0.481 e. The lowest BCUT2D eigenvalue weighted by molar-refractivity contribution is 0.0722. The summed E-state index contributed by atoms with van der Waals surface area (Å²) < 4.78 is 5.24. The highest BCUT2D eigenvalue weighted by atomic mass is 16.5. The highest BCUT2D eigenvalue weighted by Crippen LogP contribution is 2.36. The number of ether oxygens (including phenoxy) is 1. The molecule has 1 aromatic heterocycles. The van der Waals surface area contributed by atoms with Crippen LogP contribution in [0.15, 0.2) is 30.5 Å². The maximum absolute atomic E-state index is 13.0. The molecule has 0 N–H and O–H groups in total. The molecule has 0 radical (unpaired) electrons. The van der Waals surface area contributed by atoms with Crippen molar-refractivity contribution in [2.24, 2.45) is 0 Å². The fraction of sp³-hybridized carbons (Fsp3) is 0.500. The van der Waals surface area contributed by atoms with Gasteiger partial charge in [0.2, 0.25) is 5.88 Å². The number of pyridine rings is 1. The molecular formula is C24H29N3O2. The van der Waals surface area contributed by atoms with Crippen molar-refractivity contribution < 1.29 is 9.53 Å². The van der Waals surface area contributed by atoms with E-state index in [1.165, 1.54) is 42.5 Å². The molecule has 5 heteroatoms. The minimum atomic E-state index is 0.0299. The van der Waals surface area contributed by atoms with Crippen molar-refractivity contribution in [3.8, 4) is 5.88 Å². The van der Waals surface area contributed by atoms with Gasteiger partial charge in [-0.25, -0.2) is 4.98 Å². The summed E-state index contributed by atoms with van der Waals surface area (Å²) in [6.07, 6.45) is 8.04. The van der Waals surface area contributed by atoms with Crippen molar-refractivity contribution in [1.82, 2.24) is 14.8 Å². The summed E-state index contributed by atoms with van der Waals surface area (Å²) in [5.41, 5.74) is 5.86. The molecule has 2 aromatic rings. The SMILES string of the molecule is COc1cc2c(cn1)C(=O)N(Cc1ccc3c(c1)CCN(C1CCC1)CC3)C2C. The number of fused-ring (bicyclic) bond motifs is 2. The zero-order chi connectivity index (χ0) is 20.0. The standard InChI is InChI=1S/C24H29N3O2/c1-16-21-13-23(29-2)25-14-22(21)24(28)27(16)15-17-6-7-18-8-10-26(20-4-3-5-20)11-9-19(18)12-17/h6-7,12-14,16,20H,3-5,8-11,15H2,1-2H3. The number of benzene rings is 1. The number of hydrogen-bond acceptors (Lipinski definition) is 4. The molecule has 0 spiro atoms. The van der Waals surface area contributed by atoms with Gasteiger partial charge in [0.25, 0.3) is 5.91 Å². The Balaban J connectivity index is 1.33. The quantitative estimate of drug-likeness (QED) is 0.796. The van der Waals surface area contributed by atoms with Crippen molar-refractivity contribution >= 4 is 5.91 Å². The molecule has 2 aliphatic heterocycles. The molecule has 0 saturated heterocycles. The van der Waals surface area contributed by atoms with E-state index in [0.717, 1.165) is 31.0 Å². The topological polar surface area (TPSA) is 45.7 Å². The molecule has 29 heavy (non-hydrogen) atoms. The number of carbonyl (C=O) groups is 1. The number of aromatic nitrogens is 1. The number of methoxy groups -OCH3 is 1. The number of amides is 1. The lowest BCUT2D eigenvalue weighted by atomic mass is 9.91. The Morgan fingerprint density at radius 3 is 2.66 bits per heavy atom. The van der Waals surface area contributed by atoms with Crippen molar-refractivity contribution in [3.63, 3.8) is 0 Å². The van der Waals surface area contributed by atoms with E-state index in [9.17, 15) is 4.79 Å². The summed E-state index contributed by atoms with van der Waals surface area (Å²) in [6.45, 7) is 5.07. The van der Waals surface area contributed by atoms with E-state index in [2.05, 4.69) is 35.0 Å². The summed E-state index contributed by atoms with van der Waals surface area (Å²) in [4.78, 5) is 21.8. The predicted octanol–water partition coefficient (Wildman–Crippen LogP) is 3.76. The van der Waals surface area contributed by atoms with Crippen LogP contribution in [0.3, 0.4) is 0 Å². The van der Waals surface area contributed by atoms with Gasteiger partial charge in [0, 0.05) is 37.9 Å². The smallest absolute Gasteiger partial charge is 0.256 e. The first-order valence-electron chi connectivity index (χ1n) is 10.8. The molecule has 1 aromatic carbocycles. The number of hydrogen-bond donors (Lipinski definition) is 0. The number of nitrogens with zero attached hydrogens (tertiary/aromatic N) is 3. The van der Waals surface area contributed by atoms with Crippen LogP contribution in [-0.4, -0.2) is 46.9 Å². The zero-order valence-corrected chi connectivity index (χ0v) is 17.4. The first-order chi connectivity index (χ1) is 14.1. The summed E-state index contributed by atoms with van der Waals surface area (Å²) in [5, 5.41) is 0. The molecule has 5 rings (SSSR count). The van der Waals surface area contributed by atoms with Gasteiger partial charge < -0.3 is 9.64 Å². The second-order valence-corrected chi connectivity index (χ2v) is 8.65. The van der Waals surface area contributed by atoms with Gasteiger partial charge in [-0.3, -0.25) is 9.69 Å². The second-order valence-electron chi connectivity index (χ2n) is 8.65. The number of rotatable bonds is 4. The van der Waals surface area contributed by atoms with Crippen molar-refractivity contribution in [3.05, 3.63) is 58.3 Å². The summed E-state index contributed by atoms with van der Waals surface area (Å²) in [7, 11) is 1.61. The third kappa shape index (κ3) is 3.31. The molecule has 3 aliphatic rings. The van der Waals surface area contributed by atoms with E-state index in [-0.39, 0.29) is 11.9 Å². The molecule has 152 valence electrons. The van der Waals surface area contributed by atoms with Crippen LogP contribution in [0.5, 0.6) is 5.88 Å². The van der Waals surface area contributed by atoms with Crippen LogP contribution in [0.25, 0.3) is 0 Å². The van der Waals surface area contributed by atoms with Gasteiger partial charge in [-0.05, 0) is 54.9 Å². The predicted molar refractivity (Wildman–Crippen MR) is 112 cm³/mol. The van der Waals surface area contributed by atoms with Crippen molar-refractivity contribution in [2.45, 2.75) is 57.7 Å². The van der Waals surface area contributed by atoms with Gasteiger partial charge in [-0.2, -0.15) is 0 Å². The number of carbonyl (C=O) groups excluding carboxylic acids is 1. The summed E-state index contributed by atoms with van der Waals surface area (Å²) in [6, 6.07) is 9.57. The van der Waals surface area contributed by atoms with Gasteiger partial charge in [0.1, 0.15) is 0 Å². The van der Waals surface area contributed by atoms with Crippen LogP contribution in [0.2, 0.25) is 0 Å². The Bertz CT molecular complexity index is 938. The average Bonchev–Trinajstić information content (AvgIpc) is 2.84. The third-order valence-corrected chi connectivity index (χ3v) is 7.08. The highest BCUT2D eigenvalue weighted by molar-refractivity contribution is 5.98. The molecule has 1 fully saturated rings. The van der Waals surface area contributed by atoms with Gasteiger partial charge in [0.05, 0.1) is 18.7 Å². The molecule has 1 aliphatic carbocycles. The lowest BCUT2D eigenvalue weighted by Crippen LogP contribution is -2.41. The van der Waals surface area contributed by atoms with Gasteiger partial charge in [-0.1, -0.05) is 24.6 Å². The largest absolute Gasteiger partial charge is 0.481 e. The van der Waals surface area contributed by atoms with E-state index in [1.807, 2.05) is 11.0 Å². The Labute approximate surface area is 172 Å². The molecular weight excluding hydrogens is 362 g/mol. The second kappa shape index (κ2) is 7.45. The van der Waals surface area contributed by atoms with E-state index in [1.54, 1.807) is 13.3 Å². The van der Waals surface area contributed by atoms with Crippen molar-refractivity contribution in [1.29, 1.82) is 0 Å². The Hall–Kier alpha value is -2.40. The van der Waals surface area contributed by atoms with Crippen LogP contribution in [-0.2, 0) is 19.4 Å². The zero-order valence-electron chi connectivity index (χ0n) is 17.4. The average molecular weight is 392 g/mol. The molecule has 1 unspecified atom stereocenters. The van der Waals surface area contributed by atoms with Crippen LogP contribution < -0.4 is 4.74 Å². The molecule has 1 atom stereocenters. The maximum atomic E-state index is 13.0. The Morgan fingerprint density at radius 2 is 1.93 bits per heavy atom. The third-order valence-electron chi connectivity index (χ3n) is 7.08. The fourth-order valence-electron chi connectivity index (χ4n) is 5.00. The van der Waals surface area contributed by atoms with Gasteiger partial charge in [-0.15, -0.1) is 0 Å². The first kappa shape index (κ1) is 18.6. The van der Waals surface area contributed by atoms with Crippen LogP contribution >= 0.6 is 0 Å². The van der Waals surface area contributed by atoms with Gasteiger partial charge >= 0.3 is 0 Å². The van der Waals surface area contributed by atoms with Crippen LogP contribution in [0, 0.1) is 0 Å². The van der Waals surface area contributed by atoms with E-state index < -0.39 is 0 Å². The minimum absolute atomic E-state index is 0.0299.